The lowest BCUT2D eigenvalue weighted by atomic mass is 10.3. The number of hydrogen-bond donors (Lipinski definition) is 4. The molecule has 0 spiro atoms. The maximum Gasteiger partial charge on any atom is 0.323 e. The van der Waals surface area contributed by atoms with Crippen molar-refractivity contribution in [1.82, 2.24) is 9.80 Å². The highest BCUT2D eigenvalue weighted by Crippen LogP contribution is 1.96. The van der Waals surface area contributed by atoms with E-state index in [9.17, 15) is 24.0 Å². The molecule has 0 heterocycles. The summed E-state index contributed by atoms with van der Waals surface area (Å²) in [5.41, 5.74) is 0. The van der Waals surface area contributed by atoms with Crippen LogP contribution in [0.1, 0.15) is 0 Å². The van der Waals surface area contributed by atoms with Gasteiger partial charge < -0.3 is 25.3 Å². The predicted molar refractivity (Wildman–Crippen MR) is 63.6 cm³/mol. The maximum atomic E-state index is 11.8. The van der Waals surface area contributed by atoms with Crippen molar-refractivity contribution in [2.75, 3.05) is 32.7 Å². The van der Waals surface area contributed by atoms with Crippen molar-refractivity contribution < 1.29 is 44.4 Å². The first kappa shape index (κ1) is 18.3. The Morgan fingerprint density at radius 1 is 0.571 bits per heavy atom. The average Bonchev–Trinajstić information content (AvgIpc) is 2.24. The first-order valence-electron chi connectivity index (χ1n) is 5.49. The van der Waals surface area contributed by atoms with E-state index in [4.69, 9.17) is 20.4 Å². The van der Waals surface area contributed by atoms with E-state index in [1.54, 1.807) is 0 Å². The molecule has 0 aliphatic heterocycles. The van der Waals surface area contributed by atoms with Crippen LogP contribution < -0.4 is 0 Å². The molecule has 0 fully saturated rings. The monoisotopic (exact) mass is 306 g/mol. The van der Waals surface area contributed by atoms with Gasteiger partial charge in [0.05, 0.1) is 19.6 Å². The van der Waals surface area contributed by atoms with Crippen molar-refractivity contribution in [2.24, 2.45) is 0 Å². The summed E-state index contributed by atoms with van der Waals surface area (Å²) in [6.45, 7) is -4.02. The summed E-state index contributed by atoms with van der Waals surface area (Å²) in [5.74, 6) is -6.67. The molecule has 0 aromatic rings. The van der Waals surface area contributed by atoms with Crippen molar-refractivity contribution in [2.45, 2.75) is 0 Å². The number of rotatable bonds is 10. The summed E-state index contributed by atoms with van der Waals surface area (Å²) in [5, 5.41) is 34.3. The zero-order chi connectivity index (χ0) is 16.6. The van der Waals surface area contributed by atoms with Gasteiger partial charge in [-0.1, -0.05) is 0 Å². The minimum Gasteiger partial charge on any atom is -0.480 e. The number of carboxylic acid groups (broad SMARTS) is 4. The second kappa shape index (κ2) is 8.47. The lowest BCUT2D eigenvalue weighted by molar-refractivity contribution is -0.151. The second-order valence-electron chi connectivity index (χ2n) is 3.97. The molecule has 0 unspecified atom stereocenters. The Balaban J connectivity index is 4.86. The Bertz CT molecular complexity index is 416. The zero-order valence-corrected chi connectivity index (χ0v) is 10.8. The number of carboxylic acids is 4. The maximum absolute atomic E-state index is 11.8. The summed E-state index contributed by atoms with van der Waals surface area (Å²) in [4.78, 5) is 55.2. The molecule has 0 atom stereocenters. The van der Waals surface area contributed by atoms with Crippen molar-refractivity contribution in [3.63, 3.8) is 0 Å². The molecule has 0 bridgehead atoms. The summed E-state index contributed by atoms with van der Waals surface area (Å²) in [7, 11) is 0. The first-order valence-corrected chi connectivity index (χ1v) is 5.49. The molecule has 11 nitrogen and oxygen atoms in total. The number of carbonyl (C=O) groups is 5. The number of aliphatic carboxylic acids is 4. The predicted octanol–water partition coefficient (Wildman–Crippen LogP) is -2.54. The molecule has 0 saturated carbocycles. The van der Waals surface area contributed by atoms with Gasteiger partial charge in [0.25, 0.3) is 0 Å². The van der Waals surface area contributed by atoms with Gasteiger partial charge in [-0.2, -0.15) is 0 Å². The molecular formula is C10H14N2O9. The number of amides is 1. The van der Waals surface area contributed by atoms with E-state index in [1.807, 2.05) is 0 Å². The molecule has 0 aliphatic carbocycles. The Kier molecular flexibility index (Phi) is 7.39. The highest BCUT2D eigenvalue weighted by Gasteiger charge is 2.24. The van der Waals surface area contributed by atoms with Crippen LogP contribution in [0, 0.1) is 0 Å². The fraction of sp³-hybridized carbons (Fsp3) is 0.500. The molecule has 1 amide bonds. The van der Waals surface area contributed by atoms with Gasteiger partial charge in [0, 0.05) is 0 Å². The van der Waals surface area contributed by atoms with E-state index in [0.717, 1.165) is 4.90 Å². The van der Waals surface area contributed by atoms with Gasteiger partial charge in [-0.25, -0.2) is 0 Å². The minimum absolute atomic E-state index is 0.474. The summed E-state index contributed by atoms with van der Waals surface area (Å²) < 4.78 is 0. The van der Waals surface area contributed by atoms with Crippen LogP contribution in [0.3, 0.4) is 0 Å². The SMILES string of the molecule is O=C(O)CN(CC(=O)O)CC(=O)N(CC(=O)O)CC(=O)O. The highest BCUT2D eigenvalue weighted by molar-refractivity contribution is 5.87. The highest BCUT2D eigenvalue weighted by atomic mass is 16.4. The third kappa shape index (κ3) is 8.93. The quantitative estimate of drug-likeness (QED) is 0.336. The molecule has 4 N–H and O–H groups in total. The van der Waals surface area contributed by atoms with Crippen LogP contribution in [-0.4, -0.2) is 92.7 Å². The first-order chi connectivity index (χ1) is 9.61. The average molecular weight is 306 g/mol. The molecule has 0 rings (SSSR count). The number of nitrogens with zero attached hydrogens (tertiary/aromatic N) is 2. The minimum atomic E-state index is -1.45. The lowest BCUT2D eigenvalue weighted by Crippen LogP contribution is -2.47. The molecule has 21 heavy (non-hydrogen) atoms. The molecule has 0 saturated heterocycles. The Labute approximate surface area is 118 Å². The standard InChI is InChI=1S/C10H14N2O9/c13-6(12(4-9(18)19)5-10(20)21)1-11(2-7(14)15)3-8(16)17/h1-5H2,(H,14,15)(H,16,17)(H,18,19)(H,20,21). The Morgan fingerprint density at radius 2 is 0.905 bits per heavy atom. The Morgan fingerprint density at radius 3 is 1.19 bits per heavy atom. The van der Waals surface area contributed by atoms with Gasteiger partial charge in [-0.15, -0.1) is 0 Å². The molecule has 0 aromatic heterocycles. The van der Waals surface area contributed by atoms with Crippen LogP contribution in [0.2, 0.25) is 0 Å². The van der Waals surface area contributed by atoms with Gasteiger partial charge in [-0.05, 0) is 0 Å². The molecule has 0 radical (unpaired) electrons. The van der Waals surface area contributed by atoms with E-state index < -0.39 is 62.5 Å². The van der Waals surface area contributed by atoms with Crippen molar-refractivity contribution in [3.8, 4) is 0 Å². The van der Waals surface area contributed by atoms with Crippen LogP contribution >= 0.6 is 0 Å². The van der Waals surface area contributed by atoms with Gasteiger partial charge in [-0.3, -0.25) is 28.9 Å². The lowest BCUT2D eigenvalue weighted by Gasteiger charge is -2.23. The molecular weight excluding hydrogens is 292 g/mol. The summed E-state index contributed by atoms with van der Waals surface area (Å²) in [6.07, 6.45) is 0. The number of carbonyl (C=O) groups excluding carboxylic acids is 1. The van der Waals surface area contributed by atoms with E-state index in [2.05, 4.69) is 0 Å². The van der Waals surface area contributed by atoms with Crippen molar-refractivity contribution in [3.05, 3.63) is 0 Å². The van der Waals surface area contributed by atoms with Crippen LogP contribution in [0.5, 0.6) is 0 Å². The molecule has 0 aliphatic rings. The van der Waals surface area contributed by atoms with Crippen LogP contribution in [-0.2, 0) is 24.0 Å². The smallest absolute Gasteiger partial charge is 0.323 e. The largest absolute Gasteiger partial charge is 0.480 e. The summed E-state index contributed by atoms with van der Waals surface area (Å²) >= 11 is 0. The third-order valence-corrected chi connectivity index (χ3v) is 2.08. The fourth-order valence-corrected chi connectivity index (χ4v) is 1.40. The molecule has 118 valence electrons. The molecule has 11 heteroatoms. The van der Waals surface area contributed by atoms with E-state index in [0.29, 0.717) is 4.90 Å². The third-order valence-electron chi connectivity index (χ3n) is 2.08. The van der Waals surface area contributed by atoms with E-state index >= 15 is 0 Å². The van der Waals surface area contributed by atoms with Crippen molar-refractivity contribution >= 4 is 29.8 Å². The van der Waals surface area contributed by atoms with E-state index in [-0.39, 0.29) is 0 Å². The van der Waals surface area contributed by atoms with Crippen LogP contribution in [0.4, 0.5) is 0 Å². The van der Waals surface area contributed by atoms with Crippen LogP contribution in [0.15, 0.2) is 0 Å². The van der Waals surface area contributed by atoms with Gasteiger partial charge in [0.2, 0.25) is 5.91 Å². The normalized spacial score (nSPS) is 10.1. The van der Waals surface area contributed by atoms with Gasteiger partial charge in [0.1, 0.15) is 13.1 Å². The van der Waals surface area contributed by atoms with Gasteiger partial charge >= 0.3 is 23.9 Å². The van der Waals surface area contributed by atoms with Gasteiger partial charge in [0.15, 0.2) is 0 Å². The topological polar surface area (TPSA) is 173 Å². The number of hydrogen-bond acceptors (Lipinski definition) is 6. The fourth-order valence-electron chi connectivity index (χ4n) is 1.40. The van der Waals surface area contributed by atoms with E-state index in [1.165, 1.54) is 0 Å². The molecule has 0 aromatic carbocycles. The van der Waals surface area contributed by atoms with Crippen molar-refractivity contribution in [1.29, 1.82) is 0 Å². The summed E-state index contributed by atoms with van der Waals surface area (Å²) in [6, 6.07) is 0. The Hall–Kier alpha value is -2.69. The second-order valence-corrected chi connectivity index (χ2v) is 3.97. The zero-order valence-electron chi connectivity index (χ0n) is 10.8. The van der Waals surface area contributed by atoms with Crippen LogP contribution in [0.25, 0.3) is 0 Å².